The zero-order valence-electron chi connectivity index (χ0n) is 65.0. The van der Waals surface area contributed by atoms with Crippen LogP contribution in [0, 0.1) is 0 Å². The van der Waals surface area contributed by atoms with Crippen molar-refractivity contribution in [2.45, 2.75) is 38.5 Å². The maximum absolute atomic E-state index is 5.09. The molecule has 6 nitrogen and oxygen atoms in total. The summed E-state index contributed by atoms with van der Waals surface area (Å²) < 4.78 is 7.39. The summed E-state index contributed by atoms with van der Waals surface area (Å²) in [6, 6.07) is 137. The average Bonchev–Trinajstić information content (AvgIpc) is 1.52. The van der Waals surface area contributed by atoms with E-state index in [-0.39, 0.29) is 10.8 Å². The number of aromatic nitrogens is 6. The lowest BCUT2D eigenvalue weighted by Gasteiger charge is -2.24. The quantitative estimate of drug-likeness (QED) is 0.149. The Morgan fingerprint density at radius 3 is 0.949 bits per heavy atom. The minimum atomic E-state index is -0.280. The van der Waals surface area contributed by atoms with Gasteiger partial charge in [-0.25, -0.2) is 15.0 Å². The molecule has 4 aromatic heterocycles. The van der Waals surface area contributed by atoms with Crippen molar-refractivity contribution in [3.8, 4) is 84.6 Å². The fraction of sp³-hybridized carbons (Fsp3) is 0.0541. The van der Waals surface area contributed by atoms with E-state index in [0.29, 0.717) is 17.5 Å². The molecule has 0 bridgehead atoms. The Bertz CT molecular complexity index is 8110. The first kappa shape index (κ1) is 66.7. The maximum atomic E-state index is 5.09. The Hall–Kier alpha value is -14.9. The Labute approximate surface area is 675 Å². The molecule has 0 saturated carbocycles. The zero-order valence-corrected chi connectivity index (χ0v) is 65.0. The largest absolute Gasteiger partial charge is 0.309 e. The maximum Gasteiger partial charge on any atom is 0.164 e. The number of rotatable bonds is 7. The molecule has 117 heavy (non-hydrogen) atoms. The lowest BCUT2D eigenvalue weighted by molar-refractivity contribution is 0.664. The Balaban J connectivity index is 0.000000134. The Morgan fingerprint density at radius 2 is 0.496 bits per heavy atom. The Kier molecular flexibility index (Phi) is 14.4. The van der Waals surface area contributed by atoms with Gasteiger partial charge in [-0.3, -0.25) is 0 Å². The molecule has 0 N–H and O–H groups in total. The third kappa shape index (κ3) is 9.89. The molecule has 19 aromatic carbocycles. The fourth-order valence-corrected chi connectivity index (χ4v) is 20.6. The first-order valence-corrected chi connectivity index (χ1v) is 40.6. The van der Waals surface area contributed by atoms with Gasteiger partial charge < -0.3 is 13.7 Å². The standard InChI is InChI=1S/C57H38N2.C54H36N4/c1-57(2)51-34-47-42-22-12-10-20-40(42)39-19-9-11-21-41(39)46(47)33-48(51)44-27-28-45-50-32-36(26-30-54(50)59(56(45)55(44)57)38-17-7-4-8-18-38)35-25-29-53-49(31-35)43-23-13-14-24-52(43)58(53)37-15-5-3-6-16-37;1-54(2)47-32-45-40-25-12-10-23-38(40)37-22-9-11-24-39(37)44(45)31-46(47)42-28-29-43-41-26-13-14-27-48(41)58(50(43)49(42)54)36-21-15-20-35(30-36)53-56-51(33-16-5-3-6-17-33)55-52(57-53)34-18-7-4-8-19-34/h3-34H,1-2H3;3-32H,1-2H3. The van der Waals surface area contributed by atoms with Gasteiger partial charge in [-0.1, -0.05) is 307 Å². The Morgan fingerprint density at radius 1 is 0.188 bits per heavy atom. The van der Waals surface area contributed by atoms with E-state index in [1.165, 1.54) is 197 Å². The van der Waals surface area contributed by atoms with Gasteiger partial charge in [0.2, 0.25) is 0 Å². The predicted molar refractivity (Wildman–Crippen MR) is 491 cm³/mol. The highest BCUT2D eigenvalue weighted by atomic mass is 15.0. The summed E-state index contributed by atoms with van der Waals surface area (Å²) in [4.78, 5) is 15.1. The van der Waals surface area contributed by atoms with Gasteiger partial charge in [-0.05, 0) is 217 Å². The van der Waals surface area contributed by atoms with Crippen LogP contribution in [0.3, 0.4) is 0 Å². The second kappa shape index (κ2) is 25.3. The molecule has 0 aliphatic heterocycles. The number of fused-ring (bicyclic) bond motifs is 29. The van der Waals surface area contributed by atoms with Crippen molar-refractivity contribution in [2.24, 2.45) is 0 Å². The minimum absolute atomic E-state index is 0.243. The zero-order chi connectivity index (χ0) is 77.5. The third-order valence-corrected chi connectivity index (χ3v) is 25.8. The smallest absolute Gasteiger partial charge is 0.164 e. The molecule has 0 atom stereocenters. The molecular weight excluding hydrogens is 1420 g/mol. The van der Waals surface area contributed by atoms with Gasteiger partial charge in [0.25, 0.3) is 0 Å². The van der Waals surface area contributed by atoms with Crippen LogP contribution in [0.15, 0.2) is 376 Å². The van der Waals surface area contributed by atoms with Crippen LogP contribution in [0.4, 0.5) is 0 Å². The molecule has 0 radical (unpaired) electrons. The molecule has 0 spiro atoms. The number of benzene rings is 19. The monoisotopic (exact) mass is 1490 g/mol. The van der Waals surface area contributed by atoms with E-state index in [0.717, 1.165) is 22.4 Å². The summed E-state index contributed by atoms with van der Waals surface area (Å²) in [5.41, 5.74) is 26.3. The van der Waals surface area contributed by atoms with E-state index in [1.54, 1.807) is 0 Å². The van der Waals surface area contributed by atoms with E-state index in [1.807, 2.05) is 36.4 Å². The topological polar surface area (TPSA) is 53.5 Å². The van der Waals surface area contributed by atoms with Crippen molar-refractivity contribution >= 4 is 130 Å². The van der Waals surface area contributed by atoms with Gasteiger partial charge in [0.15, 0.2) is 17.5 Å². The predicted octanol–water partition coefficient (Wildman–Crippen LogP) is 29.0. The third-order valence-electron chi connectivity index (χ3n) is 25.8. The van der Waals surface area contributed by atoms with Crippen molar-refractivity contribution < 1.29 is 0 Å². The van der Waals surface area contributed by atoms with Crippen LogP contribution >= 0.6 is 0 Å². The molecule has 0 fully saturated rings. The highest BCUT2D eigenvalue weighted by Crippen LogP contribution is 2.58. The molecule has 4 heterocycles. The van der Waals surface area contributed by atoms with Crippen molar-refractivity contribution in [1.82, 2.24) is 28.7 Å². The summed E-state index contributed by atoms with van der Waals surface area (Å²) in [7, 11) is 0. The lowest BCUT2D eigenvalue weighted by atomic mass is 9.80. The molecular formula is C111H74N6. The number of para-hydroxylation sites is 4. The first-order chi connectivity index (χ1) is 57.6. The van der Waals surface area contributed by atoms with Crippen LogP contribution in [0.1, 0.15) is 49.9 Å². The normalized spacial score (nSPS) is 13.3. The lowest BCUT2D eigenvalue weighted by Crippen LogP contribution is -2.16. The van der Waals surface area contributed by atoms with E-state index >= 15 is 0 Å². The number of hydrogen-bond acceptors (Lipinski definition) is 3. The van der Waals surface area contributed by atoms with Crippen LogP contribution in [0.5, 0.6) is 0 Å². The van der Waals surface area contributed by atoms with E-state index in [4.69, 9.17) is 15.0 Å². The van der Waals surface area contributed by atoms with Crippen LogP contribution in [0.25, 0.3) is 215 Å². The number of nitrogens with zero attached hydrogens (tertiary/aromatic N) is 6. The molecule has 2 aliphatic carbocycles. The van der Waals surface area contributed by atoms with Gasteiger partial charge in [0, 0.05) is 76.9 Å². The van der Waals surface area contributed by atoms with Gasteiger partial charge >= 0.3 is 0 Å². The SMILES string of the molecule is CC1(C)c2cc3c4ccccc4c4ccccc4c3cc2-c2ccc3c4cc(-c5ccc6c(c5)c5ccccc5n6-c5ccccc5)ccc4n(-c4ccccc4)c3c21.CC1(C)c2cc3c4ccccc4c4ccccc4c3cc2-c2ccc3c4ccccc4n(-c4cccc(-c5nc(-c6ccccc6)nc(-c6ccccc6)n5)c4)c3c21. The van der Waals surface area contributed by atoms with Crippen molar-refractivity contribution in [1.29, 1.82) is 0 Å². The molecule has 0 amide bonds. The van der Waals surface area contributed by atoms with Crippen LogP contribution in [-0.2, 0) is 10.8 Å². The van der Waals surface area contributed by atoms with Gasteiger partial charge in [0.1, 0.15) is 0 Å². The fourth-order valence-electron chi connectivity index (χ4n) is 20.6. The van der Waals surface area contributed by atoms with Gasteiger partial charge in [-0.2, -0.15) is 0 Å². The average molecular weight is 1490 g/mol. The molecule has 25 rings (SSSR count). The molecule has 0 unspecified atom stereocenters. The molecule has 6 heteroatoms. The summed E-state index contributed by atoms with van der Waals surface area (Å²) in [6.07, 6.45) is 0. The minimum Gasteiger partial charge on any atom is -0.309 e. The first-order valence-electron chi connectivity index (χ1n) is 40.6. The molecule has 548 valence electrons. The van der Waals surface area contributed by atoms with E-state index in [2.05, 4.69) is 381 Å². The van der Waals surface area contributed by atoms with Crippen molar-refractivity contribution in [3.05, 3.63) is 398 Å². The summed E-state index contributed by atoms with van der Waals surface area (Å²) >= 11 is 0. The van der Waals surface area contributed by atoms with Crippen LogP contribution in [0.2, 0.25) is 0 Å². The highest BCUT2D eigenvalue weighted by molar-refractivity contribution is 6.28. The second-order valence-corrected chi connectivity index (χ2v) is 32.9. The summed E-state index contributed by atoms with van der Waals surface area (Å²) in [5, 5.41) is 23.2. The van der Waals surface area contributed by atoms with Crippen molar-refractivity contribution in [3.63, 3.8) is 0 Å². The second-order valence-electron chi connectivity index (χ2n) is 32.9. The van der Waals surface area contributed by atoms with E-state index in [9.17, 15) is 0 Å². The summed E-state index contributed by atoms with van der Waals surface area (Å²) in [5.74, 6) is 1.94. The van der Waals surface area contributed by atoms with Gasteiger partial charge in [-0.15, -0.1) is 0 Å². The molecule has 23 aromatic rings. The van der Waals surface area contributed by atoms with Gasteiger partial charge in [0.05, 0.1) is 33.1 Å². The highest BCUT2D eigenvalue weighted by Gasteiger charge is 2.42. The molecule has 0 saturated heterocycles. The van der Waals surface area contributed by atoms with Crippen molar-refractivity contribution in [2.75, 3.05) is 0 Å². The molecule has 2 aliphatic rings. The number of hydrogen-bond donors (Lipinski definition) is 0. The summed E-state index contributed by atoms with van der Waals surface area (Å²) in [6.45, 7) is 9.69. The van der Waals surface area contributed by atoms with Crippen LogP contribution < -0.4 is 0 Å². The van der Waals surface area contributed by atoms with E-state index < -0.39 is 0 Å². The van der Waals surface area contributed by atoms with Crippen LogP contribution in [-0.4, -0.2) is 28.7 Å².